The number of carbonyl (C=O) groups is 1. The Kier molecular flexibility index (Phi) is 3.97. The van der Waals surface area contributed by atoms with Crippen LogP contribution in [0.4, 0.5) is 10.7 Å². The van der Waals surface area contributed by atoms with E-state index in [-0.39, 0.29) is 11.3 Å². The van der Waals surface area contributed by atoms with E-state index in [0.717, 1.165) is 6.54 Å². The first-order valence-corrected chi connectivity index (χ1v) is 6.03. The van der Waals surface area contributed by atoms with Crippen LogP contribution in [0.3, 0.4) is 0 Å². The Morgan fingerprint density at radius 2 is 2.18 bits per heavy atom. The van der Waals surface area contributed by atoms with E-state index in [1.807, 2.05) is 18.0 Å². The zero-order chi connectivity index (χ0) is 13.2. The number of carbonyl (C=O) groups excluding carboxylic acids is 1. The molecular formula is C11H16N4OS. The third-order valence-corrected chi connectivity index (χ3v) is 3.48. The molecule has 0 spiro atoms. The molecule has 1 amide bonds. The molecule has 0 aliphatic rings. The van der Waals surface area contributed by atoms with E-state index in [9.17, 15) is 4.79 Å². The van der Waals surface area contributed by atoms with Gasteiger partial charge in [0.25, 0.3) is 5.91 Å². The Hall–Kier alpha value is -1.74. The largest absolute Gasteiger partial charge is 0.396 e. The first-order chi connectivity index (χ1) is 7.88. The Balaban J connectivity index is 3.24. The summed E-state index contributed by atoms with van der Waals surface area (Å²) in [5.74, 6) is -0.152. The lowest BCUT2D eigenvalue weighted by Crippen LogP contribution is -2.25. The minimum atomic E-state index is -0.592. The van der Waals surface area contributed by atoms with Gasteiger partial charge in [0.2, 0.25) is 0 Å². The molecule has 0 saturated carbocycles. The molecule has 0 fully saturated rings. The molecule has 0 saturated heterocycles. The number of rotatable bonds is 4. The molecule has 0 aliphatic heterocycles. The van der Waals surface area contributed by atoms with Gasteiger partial charge in [0.1, 0.15) is 15.9 Å². The molecule has 5 nitrogen and oxygen atoms in total. The van der Waals surface area contributed by atoms with Crippen molar-refractivity contribution in [1.29, 1.82) is 5.26 Å². The highest BCUT2D eigenvalue weighted by Gasteiger charge is 2.22. The molecule has 17 heavy (non-hydrogen) atoms. The molecule has 1 aromatic rings. The second-order valence-electron chi connectivity index (χ2n) is 4.28. The lowest BCUT2D eigenvalue weighted by molar-refractivity contribution is 0.100. The maximum atomic E-state index is 11.4. The number of hydrogen-bond donors (Lipinski definition) is 2. The molecule has 4 N–H and O–H groups in total. The van der Waals surface area contributed by atoms with E-state index < -0.39 is 5.91 Å². The maximum absolute atomic E-state index is 11.4. The molecule has 1 rings (SSSR count). The summed E-state index contributed by atoms with van der Waals surface area (Å²) in [6.45, 7) is 4.91. The average molecular weight is 252 g/mol. The van der Waals surface area contributed by atoms with Crippen LogP contribution in [-0.2, 0) is 0 Å². The van der Waals surface area contributed by atoms with Crippen LogP contribution in [-0.4, -0.2) is 19.5 Å². The van der Waals surface area contributed by atoms with Gasteiger partial charge in [0.15, 0.2) is 0 Å². The number of hydrogen-bond acceptors (Lipinski definition) is 5. The third-order valence-electron chi connectivity index (χ3n) is 2.26. The highest BCUT2D eigenvalue weighted by molar-refractivity contribution is 7.17. The van der Waals surface area contributed by atoms with Gasteiger partial charge in [-0.15, -0.1) is 11.3 Å². The van der Waals surface area contributed by atoms with Crippen LogP contribution in [0.1, 0.15) is 29.1 Å². The molecule has 1 aromatic heterocycles. The lowest BCUT2D eigenvalue weighted by atomic mass is 10.2. The van der Waals surface area contributed by atoms with Gasteiger partial charge in [-0.05, 0) is 5.92 Å². The van der Waals surface area contributed by atoms with Crippen molar-refractivity contribution < 1.29 is 4.79 Å². The zero-order valence-electron chi connectivity index (χ0n) is 10.2. The fraction of sp³-hybridized carbons (Fsp3) is 0.455. The molecule has 0 atom stereocenters. The van der Waals surface area contributed by atoms with Crippen LogP contribution in [0.25, 0.3) is 0 Å². The number of nitriles is 1. The quantitative estimate of drug-likeness (QED) is 0.846. The topological polar surface area (TPSA) is 96.1 Å². The fourth-order valence-corrected chi connectivity index (χ4v) is 2.65. The minimum Gasteiger partial charge on any atom is -0.396 e. The number of amides is 1. The Labute approximate surface area is 105 Å². The van der Waals surface area contributed by atoms with Crippen LogP contribution in [0.2, 0.25) is 0 Å². The first-order valence-electron chi connectivity index (χ1n) is 5.21. The third kappa shape index (κ3) is 2.68. The molecule has 6 heteroatoms. The number of thiophene rings is 1. The Morgan fingerprint density at radius 1 is 1.59 bits per heavy atom. The summed E-state index contributed by atoms with van der Waals surface area (Å²) in [6.07, 6.45) is 0. The highest BCUT2D eigenvalue weighted by Crippen LogP contribution is 2.37. The summed E-state index contributed by atoms with van der Waals surface area (Å²) in [4.78, 5) is 13.6. The zero-order valence-corrected chi connectivity index (χ0v) is 11.0. The van der Waals surface area contributed by atoms with E-state index in [0.29, 0.717) is 15.8 Å². The van der Waals surface area contributed by atoms with Crippen LogP contribution >= 0.6 is 11.3 Å². The SMILES string of the molecule is CC(C)CN(C)c1sc(C#N)c(N)c1C(N)=O. The normalized spacial score (nSPS) is 10.3. The summed E-state index contributed by atoms with van der Waals surface area (Å²) in [5, 5.41) is 9.58. The van der Waals surface area contributed by atoms with Crippen LogP contribution in [0.15, 0.2) is 0 Å². The van der Waals surface area contributed by atoms with Gasteiger partial charge in [0, 0.05) is 13.6 Å². The van der Waals surface area contributed by atoms with Crippen LogP contribution in [0.5, 0.6) is 0 Å². The number of primary amides is 1. The van der Waals surface area contributed by atoms with E-state index in [4.69, 9.17) is 16.7 Å². The summed E-state index contributed by atoms with van der Waals surface area (Å²) in [7, 11) is 1.86. The maximum Gasteiger partial charge on any atom is 0.253 e. The molecule has 92 valence electrons. The lowest BCUT2D eigenvalue weighted by Gasteiger charge is -2.20. The Bertz CT molecular complexity index is 473. The van der Waals surface area contributed by atoms with Crippen LogP contribution in [0, 0.1) is 17.2 Å². The average Bonchev–Trinajstić information content (AvgIpc) is 2.54. The van der Waals surface area contributed by atoms with Gasteiger partial charge in [-0.3, -0.25) is 4.79 Å². The summed E-state index contributed by atoms with van der Waals surface area (Å²) >= 11 is 1.20. The van der Waals surface area contributed by atoms with Crippen molar-refractivity contribution in [2.75, 3.05) is 24.2 Å². The summed E-state index contributed by atoms with van der Waals surface area (Å²) < 4.78 is 0. The van der Waals surface area contributed by atoms with E-state index in [2.05, 4.69) is 13.8 Å². The van der Waals surface area contributed by atoms with Gasteiger partial charge in [0.05, 0.1) is 11.3 Å². The number of anilines is 2. The monoisotopic (exact) mass is 252 g/mol. The molecule has 1 heterocycles. The van der Waals surface area contributed by atoms with Gasteiger partial charge in [-0.1, -0.05) is 13.8 Å². The smallest absolute Gasteiger partial charge is 0.253 e. The predicted octanol–water partition coefficient (Wildman–Crippen LogP) is 1.39. The van der Waals surface area contributed by atoms with E-state index >= 15 is 0 Å². The van der Waals surface area contributed by atoms with Crippen molar-refractivity contribution in [2.45, 2.75) is 13.8 Å². The summed E-state index contributed by atoms with van der Waals surface area (Å²) in [5.41, 5.74) is 11.5. The highest BCUT2D eigenvalue weighted by atomic mass is 32.1. The fourth-order valence-electron chi connectivity index (χ4n) is 1.65. The molecule has 0 unspecified atom stereocenters. The number of nitrogens with zero attached hydrogens (tertiary/aromatic N) is 2. The Morgan fingerprint density at radius 3 is 2.59 bits per heavy atom. The number of nitrogen functional groups attached to an aromatic ring is 1. The predicted molar refractivity (Wildman–Crippen MR) is 70.1 cm³/mol. The van der Waals surface area contributed by atoms with Gasteiger partial charge in [-0.25, -0.2) is 0 Å². The van der Waals surface area contributed by atoms with E-state index in [1.165, 1.54) is 11.3 Å². The molecule has 0 radical (unpaired) electrons. The van der Waals surface area contributed by atoms with Crippen molar-refractivity contribution in [3.8, 4) is 6.07 Å². The van der Waals surface area contributed by atoms with Gasteiger partial charge in [-0.2, -0.15) is 5.26 Å². The minimum absolute atomic E-state index is 0.190. The van der Waals surface area contributed by atoms with Crippen molar-refractivity contribution in [1.82, 2.24) is 0 Å². The van der Waals surface area contributed by atoms with Gasteiger partial charge < -0.3 is 16.4 Å². The second-order valence-corrected chi connectivity index (χ2v) is 5.27. The standard InChI is InChI=1S/C11H16N4OS/c1-6(2)5-15(3)11-8(10(14)16)9(13)7(4-12)17-11/h6H,5,13H2,1-3H3,(H2,14,16). The van der Waals surface area contributed by atoms with Crippen molar-refractivity contribution in [3.05, 3.63) is 10.4 Å². The molecular weight excluding hydrogens is 236 g/mol. The first kappa shape index (κ1) is 13.3. The summed E-state index contributed by atoms with van der Waals surface area (Å²) in [6, 6.07) is 1.98. The van der Waals surface area contributed by atoms with Gasteiger partial charge >= 0.3 is 0 Å². The molecule has 0 bridgehead atoms. The van der Waals surface area contributed by atoms with Crippen molar-refractivity contribution in [2.24, 2.45) is 11.7 Å². The second kappa shape index (κ2) is 5.06. The van der Waals surface area contributed by atoms with Crippen molar-refractivity contribution in [3.63, 3.8) is 0 Å². The van der Waals surface area contributed by atoms with E-state index in [1.54, 1.807) is 0 Å². The number of nitrogens with two attached hydrogens (primary N) is 2. The van der Waals surface area contributed by atoms with Crippen LogP contribution < -0.4 is 16.4 Å². The molecule has 0 aliphatic carbocycles. The van der Waals surface area contributed by atoms with Crippen molar-refractivity contribution >= 4 is 27.9 Å². The molecule has 0 aromatic carbocycles.